The lowest BCUT2D eigenvalue weighted by molar-refractivity contribution is -0.116. The van der Waals surface area contributed by atoms with Gasteiger partial charge in [-0.3, -0.25) is 9.48 Å². The minimum Gasteiger partial charge on any atom is -0.495 e. The van der Waals surface area contributed by atoms with Gasteiger partial charge in [0.25, 0.3) is 0 Å². The molecule has 1 aromatic heterocycles. The van der Waals surface area contributed by atoms with Crippen molar-refractivity contribution in [2.75, 3.05) is 12.4 Å². The molecule has 0 atom stereocenters. The Morgan fingerprint density at radius 3 is 2.91 bits per heavy atom. The maximum absolute atomic E-state index is 12.1. The summed E-state index contributed by atoms with van der Waals surface area (Å²) in [6.07, 6.45) is 2.13. The molecule has 0 aliphatic carbocycles. The van der Waals surface area contributed by atoms with Crippen molar-refractivity contribution >= 4 is 34.1 Å². The molecular formula is C17H16ClN3O2. The predicted molar refractivity (Wildman–Crippen MR) is 91.0 cm³/mol. The summed E-state index contributed by atoms with van der Waals surface area (Å²) in [4.78, 5) is 12.1. The third kappa shape index (κ3) is 3.46. The number of halogens is 1. The Kier molecular flexibility index (Phi) is 4.48. The number of aryl methyl sites for hydroxylation is 1. The molecule has 23 heavy (non-hydrogen) atoms. The molecule has 0 unspecified atom stereocenters. The predicted octanol–water partition coefficient (Wildman–Crippen LogP) is 3.73. The SMILES string of the molecule is COc1ccc(NC(=O)CCn2ncc3ccccc32)cc1Cl. The highest BCUT2D eigenvalue weighted by atomic mass is 35.5. The summed E-state index contributed by atoms with van der Waals surface area (Å²) in [6, 6.07) is 13.1. The minimum atomic E-state index is -0.0918. The molecule has 0 aliphatic rings. The minimum absolute atomic E-state index is 0.0918. The van der Waals surface area contributed by atoms with Gasteiger partial charge in [0, 0.05) is 17.5 Å². The van der Waals surface area contributed by atoms with E-state index in [1.54, 1.807) is 31.5 Å². The van der Waals surface area contributed by atoms with Crippen LogP contribution in [0, 0.1) is 0 Å². The lowest BCUT2D eigenvalue weighted by atomic mass is 10.2. The molecule has 0 saturated carbocycles. The van der Waals surface area contributed by atoms with Crippen molar-refractivity contribution in [1.29, 1.82) is 0 Å². The summed E-state index contributed by atoms with van der Waals surface area (Å²) in [7, 11) is 1.55. The van der Waals surface area contributed by atoms with Crippen LogP contribution in [0.5, 0.6) is 5.75 Å². The van der Waals surface area contributed by atoms with Gasteiger partial charge in [-0.15, -0.1) is 0 Å². The lowest BCUT2D eigenvalue weighted by Crippen LogP contribution is -2.15. The zero-order valence-electron chi connectivity index (χ0n) is 12.6. The van der Waals surface area contributed by atoms with Crippen molar-refractivity contribution in [2.24, 2.45) is 0 Å². The van der Waals surface area contributed by atoms with Crippen LogP contribution in [0.15, 0.2) is 48.7 Å². The topological polar surface area (TPSA) is 56.1 Å². The molecule has 0 spiro atoms. The number of fused-ring (bicyclic) bond motifs is 1. The van der Waals surface area contributed by atoms with E-state index in [4.69, 9.17) is 16.3 Å². The smallest absolute Gasteiger partial charge is 0.226 e. The number of ether oxygens (including phenoxy) is 1. The number of aromatic nitrogens is 2. The number of hydrogen-bond donors (Lipinski definition) is 1. The molecule has 3 rings (SSSR count). The van der Waals surface area contributed by atoms with E-state index in [1.165, 1.54) is 0 Å². The second kappa shape index (κ2) is 6.71. The molecule has 118 valence electrons. The summed E-state index contributed by atoms with van der Waals surface area (Å²) in [5.74, 6) is 0.485. The summed E-state index contributed by atoms with van der Waals surface area (Å²) in [5, 5.41) is 8.66. The second-order valence-electron chi connectivity index (χ2n) is 5.07. The summed E-state index contributed by atoms with van der Waals surface area (Å²) in [6.45, 7) is 0.517. The van der Waals surface area contributed by atoms with Gasteiger partial charge in [0.1, 0.15) is 5.75 Å². The molecule has 3 aromatic rings. The van der Waals surface area contributed by atoms with Crippen LogP contribution in [0.25, 0.3) is 10.9 Å². The standard InChI is InChI=1S/C17H16ClN3O2/c1-23-16-7-6-13(10-14(16)18)20-17(22)8-9-21-15-5-3-2-4-12(15)11-19-21/h2-7,10-11H,8-9H2,1H3,(H,20,22). The largest absolute Gasteiger partial charge is 0.495 e. The average molecular weight is 330 g/mol. The van der Waals surface area contributed by atoms with Crippen molar-refractivity contribution < 1.29 is 9.53 Å². The molecule has 5 nitrogen and oxygen atoms in total. The van der Waals surface area contributed by atoms with Gasteiger partial charge in [-0.2, -0.15) is 5.10 Å². The number of hydrogen-bond acceptors (Lipinski definition) is 3. The summed E-state index contributed by atoms with van der Waals surface area (Å²) in [5.41, 5.74) is 1.67. The van der Waals surface area contributed by atoms with Gasteiger partial charge in [0.05, 0.1) is 30.4 Å². The first-order valence-corrected chi connectivity index (χ1v) is 7.59. The molecule has 2 aromatic carbocycles. The fourth-order valence-corrected chi connectivity index (χ4v) is 2.64. The van der Waals surface area contributed by atoms with Crippen LogP contribution in [0.4, 0.5) is 5.69 Å². The van der Waals surface area contributed by atoms with E-state index in [2.05, 4.69) is 10.4 Å². The highest BCUT2D eigenvalue weighted by Crippen LogP contribution is 2.27. The Morgan fingerprint density at radius 2 is 2.13 bits per heavy atom. The molecular weight excluding hydrogens is 314 g/mol. The van der Waals surface area contributed by atoms with Crippen molar-refractivity contribution in [3.63, 3.8) is 0 Å². The number of carbonyl (C=O) groups excluding carboxylic acids is 1. The van der Waals surface area contributed by atoms with Crippen molar-refractivity contribution in [1.82, 2.24) is 9.78 Å². The molecule has 1 heterocycles. The second-order valence-corrected chi connectivity index (χ2v) is 5.48. The van der Waals surface area contributed by atoms with Crippen LogP contribution in [-0.4, -0.2) is 22.8 Å². The molecule has 0 aliphatic heterocycles. The summed E-state index contributed by atoms with van der Waals surface area (Å²) >= 11 is 6.05. The maximum Gasteiger partial charge on any atom is 0.226 e. The van der Waals surface area contributed by atoms with Gasteiger partial charge in [0.2, 0.25) is 5.91 Å². The number of rotatable bonds is 5. The Balaban J connectivity index is 1.62. The number of carbonyl (C=O) groups is 1. The van der Waals surface area contributed by atoms with E-state index in [0.717, 1.165) is 10.9 Å². The quantitative estimate of drug-likeness (QED) is 0.776. The van der Waals surface area contributed by atoms with Crippen molar-refractivity contribution in [2.45, 2.75) is 13.0 Å². The van der Waals surface area contributed by atoms with Gasteiger partial charge >= 0.3 is 0 Å². The van der Waals surface area contributed by atoms with Gasteiger partial charge in [-0.05, 0) is 24.3 Å². The fourth-order valence-electron chi connectivity index (χ4n) is 2.38. The zero-order chi connectivity index (χ0) is 16.2. The van der Waals surface area contributed by atoms with Crippen molar-refractivity contribution in [3.05, 3.63) is 53.7 Å². The number of nitrogens with zero attached hydrogens (tertiary/aromatic N) is 2. The van der Waals surface area contributed by atoms with E-state index in [0.29, 0.717) is 29.4 Å². The normalized spacial score (nSPS) is 10.7. The summed E-state index contributed by atoms with van der Waals surface area (Å²) < 4.78 is 6.92. The third-order valence-corrected chi connectivity index (χ3v) is 3.83. The fraction of sp³-hybridized carbons (Fsp3) is 0.176. The number of anilines is 1. The number of para-hydroxylation sites is 1. The third-order valence-electron chi connectivity index (χ3n) is 3.54. The first-order chi connectivity index (χ1) is 11.2. The van der Waals surface area contributed by atoms with Crippen LogP contribution in [0.2, 0.25) is 5.02 Å². The number of methoxy groups -OCH3 is 1. The Bertz CT molecular complexity index is 845. The highest BCUT2D eigenvalue weighted by molar-refractivity contribution is 6.32. The van der Waals surface area contributed by atoms with Gasteiger partial charge in [-0.25, -0.2) is 0 Å². The molecule has 1 amide bonds. The van der Waals surface area contributed by atoms with E-state index in [1.807, 2.05) is 28.9 Å². The Labute approximate surface area is 138 Å². The number of nitrogens with one attached hydrogen (secondary N) is 1. The molecule has 0 saturated heterocycles. The van der Waals surface area contributed by atoms with E-state index >= 15 is 0 Å². The first-order valence-electron chi connectivity index (χ1n) is 7.21. The van der Waals surface area contributed by atoms with Crippen molar-refractivity contribution in [3.8, 4) is 5.75 Å². The highest BCUT2D eigenvalue weighted by Gasteiger charge is 2.08. The van der Waals surface area contributed by atoms with Gasteiger partial charge in [0.15, 0.2) is 0 Å². The zero-order valence-corrected chi connectivity index (χ0v) is 13.4. The molecule has 0 fully saturated rings. The Morgan fingerprint density at radius 1 is 1.30 bits per heavy atom. The van der Waals surface area contributed by atoms with Gasteiger partial charge < -0.3 is 10.1 Å². The van der Waals surface area contributed by atoms with Crippen LogP contribution >= 0.6 is 11.6 Å². The number of amides is 1. The van der Waals surface area contributed by atoms with Crippen LogP contribution in [-0.2, 0) is 11.3 Å². The average Bonchev–Trinajstić information content (AvgIpc) is 2.96. The maximum atomic E-state index is 12.1. The first kappa shape index (κ1) is 15.4. The monoisotopic (exact) mass is 329 g/mol. The molecule has 0 radical (unpaired) electrons. The molecule has 1 N–H and O–H groups in total. The van der Waals surface area contributed by atoms with E-state index in [-0.39, 0.29) is 5.91 Å². The Hall–Kier alpha value is -2.53. The molecule has 6 heteroatoms. The van der Waals surface area contributed by atoms with E-state index < -0.39 is 0 Å². The lowest BCUT2D eigenvalue weighted by Gasteiger charge is -2.08. The molecule has 0 bridgehead atoms. The van der Waals surface area contributed by atoms with E-state index in [9.17, 15) is 4.79 Å². The van der Waals surface area contributed by atoms with Crippen LogP contribution in [0.1, 0.15) is 6.42 Å². The number of benzene rings is 2. The van der Waals surface area contributed by atoms with Crippen LogP contribution in [0.3, 0.4) is 0 Å². The van der Waals surface area contributed by atoms with Gasteiger partial charge in [-0.1, -0.05) is 29.8 Å². The van der Waals surface area contributed by atoms with Crippen LogP contribution < -0.4 is 10.1 Å².